The lowest BCUT2D eigenvalue weighted by Crippen LogP contribution is -2.28. The fourth-order valence-electron chi connectivity index (χ4n) is 1.88. The minimum atomic E-state index is -0.0758. The zero-order valence-corrected chi connectivity index (χ0v) is 13.4. The van der Waals surface area contributed by atoms with E-state index in [4.69, 9.17) is 24.6 Å². The number of phenols is 1. The van der Waals surface area contributed by atoms with Gasteiger partial charge in [-0.3, -0.25) is 9.68 Å². The average molecular weight is 329 g/mol. The van der Waals surface area contributed by atoms with E-state index in [1.165, 1.54) is 5.23 Å². The standard InChI is InChI=1S/C16H27NO6/c18-10-13-22-17(23-14-11-19)9-3-1-2-4-12-21-16-7-5-15(20)6-8-16/h5-8,18-20H,1-4,9-14H2. The molecule has 0 bridgehead atoms. The van der Waals surface area contributed by atoms with Crippen LogP contribution in [0, 0.1) is 0 Å². The van der Waals surface area contributed by atoms with Crippen molar-refractivity contribution in [2.75, 3.05) is 39.6 Å². The number of nitrogens with zero attached hydrogens (tertiary/aromatic N) is 1. The summed E-state index contributed by atoms with van der Waals surface area (Å²) in [5, 5.41) is 28.0. The third-order valence-electron chi connectivity index (χ3n) is 2.99. The second-order valence-electron chi connectivity index (χ2n) is 4.93. The monoisotopic (exact) mass is 329 g/mol. The number of aromatic hydroxyl groups is 1. The number of hydrogen-bond acceptors (Lipinski definition) is 7. The quantitative estimate of drug-likeness (QED) is 0.352. The van der Waals surface area contributed by atoms with Gasteiger partial charge >= 0.3 is 0 Å². The van der Waals surface area contributed by atoms with E-state index in [1.54, 1.807) is 24.3 Å². The summed E-state index contributed by atoms with van der Waals surface area (Å²) in [5.74, 6) is 0.984. The minimum absolute atomic E-state index is 0.0758. The van der Waals surface area contributed by atoms with Gasteiger partial charge in [-0.25, -0.2) is 0 Å². The maximum Gasteiger partial charge on any atom is 0.119 e. The summed E-state index contributed by atoms with van der Waals surface area (Å²) in [6.07, 6.45) is 3.85. The highest BCUT2D eigenvalue weighted by molar-refractivity contribution is 5.29. The summed E-state index contributed by atoms with van der Waals surface area (Å²) >= 11 is 0. The summed E-state index contributed by atoms with van der Waals surface area (Å²) in [4.78, 5) is 10.4. The Morgan fingerprint density at radius 1 is 0.783 bits per heavy atom. The van der Waals surface area contributed by atoms with Crippen molar-refractivity contribution in [3.05, 3.63) is 24.3 Å². The zero-order chi connectivity index (χ0) is 16.8. The Labute approximate surface area is 136 Å². The summed E-state index contributed by atoms with van der Waals surface area (Å²) in [5.41, 5.74) is 0. The Hall–Kier alpha value is -1.38. The number of aliphatic hydroxyl groups excluding tert-OH is 2. The van der Waals surface area contributed by atoms with Crippen molar-refractivity contribution in [2.24, 2.45) is 0 Å². The Kier molecular flexibility index (Phi) is 11.2. The molecule has 132 valence electrons. The van der Waals surface area contributed by atoms with Gasteiger partial charge in [-0.1, -0.05) is 18.1 Å². The van der Waals surface area contributed by atoms with Gasteiger partial charge < -0.3 is 20.1 Å². The van der Waals surface area contributed by atoms with Gasteiger partial charge in [-0.15, -0.1) is 0 Å². The first-order valence-corrected chi connectivity index (χ1v) is 7.93. The second kappa shape index (κ2) is 13.1. The Morgan fingerprint density at radius 3 is 2.00 bits per heavy atom. The number of rotatable bonds is 14. The molecule has 0 saturated heterocycles. The van der Waals surface area contributed by atoms with Crippen LogP contribution in [0.3, 0.4) is 0 Å². The van der Waals surface area contributed by atoms with E-state index in [0.717, 1.165) is 31.4 Å². The molecule has 0 fully saturated rings. The fraction of sp³-hybridized carbons (Fsp3) is 0.625. The molecule has 0 radical (unpaired) electrons. The molecule has 0 amide bonds. The lowest BCUT2D eigenvalue weighted by atomic mass is 10.2. The van der Waals surface area contributed by atoms with E-state index < -0.39 is 0 Å². The van der Waals surface area contributed by atoms with Gasteiger partial charge in [-0.05, 0) is 37.1 Å². The van der Waals surface area contributed by atoms with Crippen LogP contribution in [-0.2, 0) is 9.68 Å². The minimum Gasteiger partial charge on any atom is -0.508 e. The van der Waals surface area contributed by atoms with Crippen molar-refractivity contribution in [1.29, 1.82) is 0 Å². The molecule has 23 heavy (non-hydrogen) atoms. The highest BCUT2D eigenvalue weighted by atomic mass is 16.9. The smallest absolute Gasteiger partial charge is 0.119 e. The molecule has 0 spiro atoms. The van der Waals surface area contributed by atoms with E-state index in [-0.39, 0.29) is 32.2 Å². The van der Waals surface area contributed by atoms with Gasteiger partial charge in [-0.2, -0.15) is 0 Å². The van der Waals surface area contributed by atoms with Crippen LogP contribution in [-0.4, -0.2) is 60.1 Å². The second-order valence-corrected chi connectivity index (χ2v) is 4.93. The van der Waals surface area contributed by atoms with E-state index in [2.05, 4.69) is 0 Å². The topological polar surface area (TPSA) is 91.6 Å². The SMILES string of the molecule is OCCON(CCCCCCOc1ccc(O)cc1)OCCO. The lowest BCUT2D eigenvalue weighted by molar-refractivity contribution is -0.371. The molecule has 7 nitrogen and oxygen atoms in total. The van der Waals surface area contributed by atoms with Crippen molar-refractivity contribution in [2.45, 2.75) is 25.7 Å². The molecule has 1 aromatic carbocycles. The number of unbranched alkanes of at least 4 members (excludes halogenated alkanes) is 3. The molecular weight excluding hydrogens is 302 g/mol. The maximum absolute atomic E-state index is 9.17. The first kappa shape index (κ1) is 19.7. The fourth-order valence-corrected chi connectivity index (χ4v) is 1.88. The number of aliphatic hydroxyl groups is 2. The predicted molar refractivity (Wildman–Crippen MR) is 84.9 cm³/mol. The Bertz CT molecular complexity index is 379. The van der Waals surface area contributed by atoms with E-state index in [0.29, 0.717) is 13.2 Å². The molecule has 0 aliphatic rings. The lowest BCUT2D eigenvalue weighted by Gasteiger charge is -2.20. The first-order valence-electron chi connectivity index (χ1n) is 7.93. The van der Waals surface area contributed by atoms with Crippen LogP contribution >= 0.6 is 0 Å². The van der Waals surface area contributed by atoms with Gasteiger partial charge in [0.1, 0.15) is 11.5 Å². The molecule has 0 heterocycles. The molecule has 0 saturated carbocycles. The van der Waals surface area contributed by atoms with Crippen molar-refractivity contribution in [1.82, 2.24) is 5.23 Å². The summed E-state index contributed by atoms with van der Waals surface area (Å²) in [7, 11) is 0. The van der Waals surface area contributed by atoms with Gasteiger partial charge in [0, 0.05) is 0 Å². The van der Waals surface area contributed by atoms with Gasteiger partial charge in [0.05, 0.1) is 39.6 Å². The highest BCUT2D eigenvalue weighted by Gasteiger charge is 2.05. The molecule has 1 aromatic rings. The number of hydroxylamine groups is 2. The molecule has 7 heteroatoms. The van der Waals surface area contributed by atoms with Gasteiger partial charge in [0.25, 0.3) is 0 Å². The number of hydrogen-bond donors (Lipinski definition) is 3. The molecule has 0 aliphatic heterocycles. The molecule has 0 atom stereocenters. The molecule has 0 aromatic heterocycles. The number of ether oxygens (including phenoxy) is 1. The Balaban J connectivity index is 2.03. The number of phenolic OH excluding ortho intramolecular Hbond substituents is 1. The molecule has 3 N–H and O–H groups in total. The zero-order valence-electron chi connectivity index (χ0n) is 13.4. The van der Waals surface area contributed by atoms with Crippen molar-refractivity contribution >= 4 is 0 Å². The van der Waals surface area contributed by atoms with E-state index >= 15 is 0 Å². The van der Waals surface area contributed by atoms with Gasteiger partial charge in [0.15, 0.2) is 0 Å². The summed E-state index contributed by atoms with van der Waals surface area (Å²) in [6.45, 7) is 1.41. The molecular formula is C16H27NO6. The van der Waals surface area contributed by atoms with Gasteiger partial charge in [0.2, 0.25) is 0 Å². The van der Waals surface area contributed by atoms with Crippen LogP contribution in [0.25, 0.3) is 0 Å². The molecule has 0 aliphatic carbocycles. The van der Waals surface area contributed by atoms with Crippen LogP contribution in [0.5, 0.6) is 11.5 Å². The highest BCUT2D eigenvalue weighted by Crippen LogP contribution is 2.16. The third-order valence-corrected chi connectivity index (χ3v) is 2.99. The third kappa shape index (κ3) is 10.1. The molecule has 1 rings (SSSR count). The molecule has 0 unspecified atom stereocenters. The van der Waals surface area contributed by atoms with E-state index in [9.17, 15) is 5.11 Å². The van der Waals surface area contributed by atoms with Crippen molar-refractivity contribution < 1.29 is 29.7 Å². The van der Waals surface area contributed by atoms with E-state index in [1.807, 2.05) is 0 Å². The average Bonchev–Trinajstić information content (AvgIpc) is 2.57. The summed E-state index contributed by atoms with van der Waals surface area (Å²) < 4.78 is 5.57. The normalized spacial score (nSPS) is 11.1. The Morgan fingerprint density at radius 2 is 1.39 bits per heavy atom. The van der Waals surface area contributed by atoms with Crippen molar-refractivity contribution in [3.63, 3.8) is 0 Å². The van der Waals surface area contributed by atoms with Crippen LogP contribution in [0.1, 0.15) is 25.7 Å². The van der Waals surface area contributed by atoms with Crippen LogP contribution in [0.4, 0.5) is 0 Å². The maximum atomic E-state index is 9.17. The number of benzene rings is 1. The predicted octanol–water partition coefficient (Wildman–Crippen LogP) is 1.48. The van der Waals surface area contributed by atoms with Crippen molar-refractivity contribution in [3.8, 4) is 11.5 Å². The first-order chi connectivity index (χ1) is 11.3. The van der Waals surface area contributed by atoms with Crippen LogP contribution < -0.4 is 4.74 Å². The van der Waals surface area contributed by atoms with Crippen LogP contribution in [0.2, 0.25) is 0 Å². The summed E-state index contributed by atoms with van der Waals surface area (Å²) in [6, 6.07) is 6.68. The largest absolute Gasteiger partial charge is 0.508 e. The van der Waals surface area contributed by atoms with Crippen LogP contribution in [0.15, 0.2) is 24.3 Å².